The van der Waals surface area contributed by atoms with Crippen molar-refractivity contribution in [2.24, 2.45) is 28.2 Å². The Balaban J connectivity index is 1.06. The molecule has 3 aliphatic carbocycles. The first kappa shape index (κ1) is 42.5. The number of carbonyl (C=O) groups is 4. The fourth-order valence-electron chi connectivity index (χ4n) is 9.63. The molecule has 2 aromatic heterocycles. The molecule has 5 aliphatic rings. The molecule has 62 heavy (non-hydrogen) atoms. The molecule has 328 valence electrons. The number of rotatable bonds is 14. The predicted molar refractivity (Wildman–Crippen MR) is 224 cm³/mol. The maximum atomic E-state index is 15.1. The van der Waals surface area contributed by atoms with Crippen LogP contribution in [0.1, 0.15) is 89.5 Å². The number of hydrogen-bond donors (Lipinski definition) is 1. The number of nitrogens with one attached hydrogen (secondary N) is 1. The molecule has 0 radical (unpaired) electrons. The number of fused-ring (bicyclic) bond motifs is 3. The first-order valence-electron chi connectivity index (χ1n) is 21.3. The summed E-state index contributed by atoms with van der Waals surface area (Å²) in [4.78, 5) is 70.9. The summed E-state index contributed by atoms with van der Waals surface area (Å²) in [5.41, 5.74) is -0.804. The van der Waals surface area contributed by atoms with Gasteiger partial charge in [0.2, 0.25) is 27.4 Å². The van der Waals surface area contributed by atoms with Crippen molar-refractivity contribution < 1.29 is 49.9 Å². The summed E-state index contributed by atoms with van der Waals surface area (Å²) >= 11 is 1.31. The van der Waals surface area contributed by atoms with Crippen LogP contribution in [0.2, 0.25) is 0 Å². The molecular weight excluding hydrogens is 848 g/mol. The number of benzene rings is 2. The largest absolute Gasteiger partial charge is 0.470 e. The minimum absolute atomic E-state index is 0.00629. The number of ketones is 1. The lowest BCUT2D eigenvalue weighted by Crippen LogP contribution is -2.47. The zero-order chi connectivity index (χ0) is 43.6. The number of alkyl halides is 3. The smallest absolute Gasteiger partial charge is 0.416 e. The second-order valence-corrected chi connectivity index (χ2v) is 20.4. The van der Waals surface area contributed by atoms with Gasteiger partial charge in [-0.05, 0) is 68.2 Å². The molecule has 1 saturated heterocycles. The highest BCUT2D eigenvalue weighted by molar-refractivity contribution is 8.15. The second kappa shape index (κ2) is 16.4. The van der Waals surface area contributed by atoms with E-state index in [0.29, 0.717) is 47.2 Å². The number of halogens is 3. The van der Waals surface area contributed by atoms with Crippen LogP contribution < -0.4 is 9.46 Å². The molecule has 1 N–H and O–H groups in total. The van der Waals surface area contributed by atoms with Crippen LogP contribution in [-0.2, 0) is 35.4 Å². The second-order valence-electron chi connectivity index (χ2n) is 17.4. The van der Waals surface area contributed by atoms with Crippen LogP contribution in [-0.4, -0.2) is 81.5 Å². The molecule has 0 bridgehead atoms. The molecule has 4 heterocycles. The minimum atomic E-state index is -4.55. The summed E-state index contributed by atoms with van der Waals surface area (Å²) in [6.45, 7) is 1.84. The third-order valence-electron chi connectivity index (χ3n) is 13.3. The van der Waals surface area contributed by atoms with Gasteiger partial charge in [-0.3, -0.25) is 23.9 Å². The third-order valence-corrected chi connectivity index (χ3v) is 16.1. The summed E-state index contributed by atoms with van der Waals surface area (Å²) in [7, 11) is -3.89. The Bertz CT molecular complexity index is 2590. The summed E-state index contributed by atoms with van der Waals surface area (Å²) in [5, 5.41) is 0.560. The van der Waals surface area contributed by atoms with Crippen molar-refractivity contribution in [2.45, 2.75) is 108 Å². The summed E-state index contributed by atoms with van der Waals surface area (Å²) in [6.07, 6.45) is 0.885. The van der Waals surface area contributed by atoms with Crippen molar-refractivity contribution in [2.75, 3.05) is 12.3 Å². The topological polar surface area (TPSA) is 178 Å². The highest BCUT2D eigenvalue weighted by Gasteiger charge is 2.62. The van der Waals surface area contributed by atoms with Crippen molar-refractivity contribution in [3.63, 3.8) is 0 Å². The highest BCUT2D eigenvalue weighted by atomic mass is 32.2. The number of hydrogen-bond acceptors (Lipinski definition) is 11. The number of carbonyl (C=O) groups excluding carboxylic acids is 4. The van der Waals surface area contributed by atoms with E-state index in [1.807, 2.05) is 6.92 Å². The van der Waals surface area contributed by atoms with Crippen LogP contribution in [0.25, 0.3) is 33.5 Å². The van der Waals surface area contributed by atoms with E-state index >= 15 is 4.79 Å². The van der Waals surface area contributed by atoms with Gasteiger partial charge in [-0.25, -0.2) is 18.4 Å². The number of furan rings is 1. The quantitative estimate of drug-likeness (QED) is 0.132. The fraction of sp³-hybridized carbons (Fsp3) is 0.523. The Hall–Kier alpha value is -4.84. The molecule has 18 heteroatoms. The van der Waals surface area contributed by atoms with Crippen molar-refractivity contribution in [3.8, 4) is 17.3 Å². The van der Waals surface area contributed by atoms with E-state index in [9.17, 15) is 36.0 Å². The molecular formula is C44H46F3N5O8S2. The maximum absolute atomic E-state index is 15.1. The van der Waals surface area contributed by atoms with E-state index < -0.39 is 62.2 Å². The normalized spacial score (nSPS) is 25.0. The molecule has 0 unspecified atom stereocenters. The van der Waals surface area contributed by atoms with Gasteiger partial charge >= 0.3 is 6.18 Å². The molecule has 2 aliphatic heterocycles. The SMILES string of the molecule is CC[C@@H]1C[C@]1(CC(=O)[C@@H]1C[C@@H](Oc2nc(-c3ccc(C(F)(F)F)cc3)nc3c2oc2ccccc23)CN1C(=O)[C@@H](CC1=NC(=O)CS1)C1CCCCC1)C(=O)NS(=O)(=O)C1CC1. The van der Waals surface area contributed by atoms with Crippen molar-refractivity contribution in [1.82, 2.24) is 19.6 Å². The molecule has 4 aromatic rings. The van der Waals surface area contributed by atoms with E-state index in [4.69, 9.17) is 14.1 Å². The van der Waals surface area contributed by atoms with Crippen LogP contribution in [0.3, 0.4) is 0 Å². The number of aromatic nitrogens is 2. The summed E-state index contributed by atoms with van der Waals surface area (Å²) in [6, 6.07) is 10.5. The van der Waals surface area contributed by atoms with Crippen LogP contribution in [0.15, 0.2) is 57.9 Å². The Kier molecular flexibility index (Phi) is 11.2. The van der Waals surface area contributed by atoms with E-state index in [-0.39, 0.29) is 78.1 Å². The molecule has 13 nitrogen and oxygen atoms in total. The molecule has 5 atom stereocenters. The van der Waals surface area contributed by atoms with Crippen molar-refractivity contribution >= 4 is 72.4 Å². The number of para-hydroxylation sites is 1. The van der Waals surface area contributed by atoms with Gasteiger partial charge in [-0.1, -0.05) is 56.9 Å². The van der Waals surface area contributed by atoms with Crippen molar-refractivity contribution in [3.05, 3.63) is 54.1 Å². The first-order chi connectivity index (χ1) is 29.6. The lowest BCUT2D eigenvalue weighted by atomic mass is 9.77. The van der Waals surface area contributed by atoms with Gasteiger partial charge in [0.05, 0.1) is 39.6 Å². The zero-order valence-corrected chi connectivity index (χ0v) is 35.6. The minimum Gasteiger partial charge on any atom is -0.470 e. The van der Waals surface area contributed by atoms with Gasteiger partial charge < -0.3 is 14.1 Å². The fourth-order valence-corrected chi connectivity index (χ4v) is 11.8. The van der Waals surface area contributed by atoms with Gasteiger partial charge in [-0.2, -0.15) is 18.2 Å². The van der Waals surface area contributed by atoms with Crippen LogP contribution in [0, 0.1) is 23.2 Å². The molecule has 2 aromatic carbocycles. The monoisotopic (exact) mass is 893 g/mol. The van der Waals surface area contributed by atoms with Crippen molar-refractivity contribution in [1.29, 1.82) is 0 Å². The standard InChI is InChI=1S/C44H46F3N5O8S2/c1-2-26-20-43(26,42(56)51-62(57,58)29-16-17-29)21-33(53)32-18-28(22-52(32)41(55)31(24-8-4-3-5-9-24)19-36-48-35(54)23-61-36)59-40-38-37(30-10-6-7-11-34(30)60-38)49-39(50-40)25-12-14-27(15-13-25)44(45,46)47/h6-7,10-15,24,26,28-29,31-32H,2-5,8-9,16-23H2,1H3,(H,51,56)/t26-,28-,31+,32+,43-/m1/s1. The van der Waals surface area contributed by atoms with E-state index in [2.05, 4.69) is 14.7 Å². The Morgan fingerprint density at radius 1 is 1.03 bits per heavy atom. The van der Waals surface area contributed by atoms with Gasteiger partial charge in [-0.15, -0.1) is 11.8 Å². The van der Waals surface area contributed by atoms with Gasteiger partial charge in [0, 0.05) is 36.1 Å². The summed E-state index contributed by atoms with van der Waals surface area (Å²) in [5.74, 6) is -2.23. The van der Waals surface area contributed by atoms with E-state index in [1.165, 1.54) is 28.8 Å². The average molecular weight is 894 g/mol. The Labute approximate surface area is 360 Å². The highest BCUT2D eigenvalue weighted by Crippen LogP contribution is 2.58. The Morgan fingerprint density at radius 3 is 2.44 bits per heavy atom. The average Bonchev–Trinajstić information content (AvgIpc) is 4.11. The molecule has 0 spiro atoms. The van der Waals surface area contributed by atoms with Crippen LogP contribution in [0.5, 0.6) is 5.88 Å². The number of Topliss-reactive ketones (excluding diaryl/α,β-unsaturated/α-hetero) is 1. The lowest BCUT2D eigenvalue weighted by Gasteiger charge is -2.34. The number of sulfonamides is 1. The van der Waals surface area contributed by atoms with Crippen LogP contribution >= 0.6 is 11.8 Å². The molecule has 3 amide bonds. The number of ether oxygens (including phenoxy) is 1. The Morgan fingerprint density at radius 2 is 1.77 bits per heavy atom. The summed E-state index contributed by atoms with van der Waals surface area (Å²) < 4.78 is 81.4. The van der Waals surface area contributed by atoms with E-state index in [0.717, 1.165) is 44.2 Å². The lowest BCUT2D eigenvalue weighted by molar-refractivity contribution is -0.143. The predicted octanol–water partition coefficient (Wildman–Crippen LogP) is 7.65. The molecule has 4 fully saturated rings. The number of aliphatic imine (C=N–C) groups is 1. The molecule has 9 rings (SSSR count). The number of amides is 3. The number of likely N-dealkylation sites (tertiary alicyclic amines) is 1. The van der Waals surface area contributed by atoms with E-state index in [1.54, 1.807) is 24.3 Å². The maximum Gasteiger partial charge on any atom is 0.416 e. The third kappa shape index (κ3) is 8.36. The van der Waals surface area contributed by atoms with Gasteiger partial charge in [0.1, 0.15) is 17.2 Å². The zero-order valence-electron chi connectivity index (χ0n) is 34.0. The first-order valence-corrected chi connectivity index (χ1v) is 23.8. The van der Waals surface area contributed by atoms with Gasteiger partial charge in [0.25, 0.3) is 11.8 Å². The van der Waals surface area contributed by atoms with Crippen LogP contribution in [0.4, 0.5) is 13.2 Å². The number of thioether (sulfide) groups is 1. The number of nitrogens with zero attached hydrogens (tertiary/aromatic N) is 4. The van der Waals surface area contributed by atoms with Gasteiger partial charge in [0.15, 0.2) is 11.6 Å². The molecule has 3 saturated carbocycles.